The smallest absolute Gasteiger partial charge is 0.228 e. The SMILES string of the molecule is O=C(Nc1n[nH]c2cc(-c3ccc[nH]3)ccc12)C1CC1. The van der Waals surface area contributed by atoms with Crippen molar-refractivity contribution < 1.29 is 4.79 Å². The van der Waals surface area contributed by atoms with Crippen molar-refractivity contribution in [3.8, 4) is 11.3 Å². The number of carbonyl (C=O) groups is 1. The highest BCUT2D eigenvalue weighted by molar-refractivity contribution is 6.01. The summed E-state index contributed by atoms with van der Waals surface area (Å²) in [5, 5.41) is 11.0. The molecule has 0 atom stereocenters. The third kappa shape index (κ3) is 1.87. The van der Waals surface area contributed by atoms with E-state index in [0.717, 1.165) is 35.0 Å². The molecular weight excluding hydrogens is 252 g/mol. The molecule has 1 aliphatic carbocycles. The average Bonchev–Trinajstić information content (AvgIpc) is 3.03. The van der Waals surface area contributed by atoms with Crippen LogP contribution in [0.2, 0.25) is 0 Å². The van der Waals surface area contributed by atoms with Crippen molar-refractivity contribution >= 4 is 22.6 Å². The monoisotopic (exact) mass is 266 g/mol. The lowest BCUT2D eigenvalue weighted by molar-refractivity contribution is -0.117. The number of nitrogens with one attached hydrogen (secondary N) is 3. The van der Waals surface area contributed by atoms with Crippen LogP contribution in [0.3, 0.4) is 0 Å². The Balaban J connectivity index is 1.69. The molecule has 5 heteroatoms. The van der Waals surface area contributed by atoms with Gasteiger partial charge < -0.3 is 10.3 Å². The van der Waals surface area contributed by atoms with Crippen LogP contribution in [0.1, 0.15) is 12.8 Å². The molecule has 5 nitrogen and oxygen atoms in total. The van der Waals surface area contributed by atoms with E-state index in [-0.39, 0.29) is 11.8 Å². The van der Waals surface area contributed by atoms with Gasteiger partial charge in [0.05, 0.1) is 5.52 Å². The minimum absolute atomic E-state index is 0.0758. The molecule has 0 unspecified atom stereocenters. The molecule has 1 amide bonds. The summed E-state index contributed by atoms with van der Waals surface area (Å²) in [5.41, 5.74) is 3.07. The maximum Gasteiger partial charge on any atom is 0.228 e. The van der Waals surface area contributed by atoms with Gasteiger partial charge in [0.2, 0.25) is 5.91 Å². The maximum atomic E-state index is 11.8. The molecule has 1 aliphatic rings. The average molecular weight is 266 g/mol. The summed E-state index contributed by atoms with van der Waals surface area (Å²) in [7, 11) is 0. The molecule has 3 N–H and O–H groups in total. The Kier molecular flexibility index (Phi) is 2.39. The zero-order chi connectivity index (χ0) is 13.5. The van der Waals surface area contributed by atoms with Crippen LogP contribution in [0, 0.1) is 5.92 Å². The number of anilines is 1. The molecule has 0 radical (unpaired) electrons. The first-order valence-electron chi connectivity index (χ1n) is 6.74. The summed E-state index contributed by atoms with van der Waals surface area (Å²) < 4.78 is 0. The number of aromatic amines is 2. The van der Waals surface area contributed by atoms with E-state index in [4.69, 9.17) is 0 Å². The van der Waals surface area contributed by atoms with E-state index in [1.54, 1.807) is 0 Å². The number of fused-ring (bicyclic) bond motifs is 1. The Labute approximate surface area is 115 Å². The van der Waals surface area contributed by atoms with E-state index in [0.29, 0.717) is 5.82 Å². The Morgan fingerprint density at radius 1 is 1.30 bits per heavy atom. The van der Waals surface area contributed by atoms with Crippen LogP contribution in [0.5, 0.6) is 0 Å². The molecule has 100 valence electrons. The summed E-state index contributed by atoms with van der Waals surface area (Å²) in [5.74, 6) is 0.877. The summed E-state index contributed by atoms with van der Waals surface area (Å²) in [6, 6.07) is 10.0. The molecule has 0 saturated heterocycles. The molecule has 3 aromatic rings. The number of rotatable bonds is 3. The highest BCUT2D eigenvalue weighted by Gasteiger charge is 2.30. The lowest BCUT2D eigenvalue weighted by Crippen LogP contribution is -2.13. The van der Waals surface area contributed by atoms with Gasteiger partial charge >= 0.3 is 0 Å². The van der Waals surface area contributed by atoms with E-state index < -0.39 is 0 Å². The van der Waals surface area contributed by atoms with E-state index in [9.17, 15) is 4.79 Å². The van der Waals surface area contributed by atoms with E-state index in [1.165, 1.54) is 0 Å². The zero-order valence-electron chi connectivity index (χ0n) is 10.8. The standard InChI is InChI=1S/C15H14N4O/c20-15(9-3-4-9)17-14-11-6-5-10(8-13(11)18-19-14)12-2-1-7-16-12/h1-2,5-9,16H,3-4H2,(H2,17,18,19,20). The lowest BCUT2D eigenvalue weighted by Gasteiger charge is -2.01. The van der Waals surface area contributed by atoms with E-state index in [1.807, 2.05) is 36.5 Å². The lowest BCUT2D eigenvalue weighted by atomic mass is 10.1. The Bertz CT molecular complexity index is 768. The summed E-state index contributed by atoms with van der Waals surface area (Å²) in [6.45, 7) is 0. The molecule has 2 heterocycles. The van der Waals surface area contributed by atoms with Gasteiger partial charge in [-0.3, -0.25) is 9.89 Å². The molecule has 0 bridgehead atoms. The molecule has 4 rings (SSSR count). The summed E-state index contributed by atoms with van der Waals surface area (Å²) in [4.78, 5) is 15.0. The van der Waals surface area contributed by atoms with Crippen molar-refractivity contribution in [2.75, 3.05) is 5.32 Å². The fraction of sp³-hybridized carbons (Fsp3) is 0.200. The second-order valence-electron chi connectivity index (χ2n) is 5.18. The second kappa shape index (κ2) is 4.23. The van der Waals surface area contributed by atoms with Gasteiger partial charge in [-0.2, -0.15) is 5.10 Å². The number of aromatic nitrogens is 3. The molecule has 0 spiro atoms. The molecular formula is C15H14N4O. The van der Waals surface area contributed by atoms with Crippen LogP contribution in [-0.2, 0) is 4.79 Å². The predicted molar refractivity (Wildman–Crippen MR) is 77.2 cm³/mol. The highest BCUT2D eigenvalue weighted by Crippen LogP contribution is 2.31. The number of hydrogen-bond donors (Lipinski definition) is 3. The largest absolute Gasteiger partial charge is 0.361 e. The minimum Gasteiger partial charge on any atom is -0.361 e. The molecule has 1 fully saturated rings. The molecule has 0 aliphatic heterocycles. The van der Waals surface area contributed by atoms with Crippen molar-refractivity contribution in [1.82, 2.24) is 15.2 Å². The molecule has 2 aromatic heterocycles. The second-order valence-corrected chi connectivity index (χ2v) is 5.18. The van der Waals surface area contributed by atoms with Crippen LogP contribution in [0.25, 0.3) is 22.2 Å². The van der Waals surface area contributed by atoms with Gasteiger partial charge in [-0.15, -0.1) is 0 Å². The molecule has 1 saturated carbocycles. The number of nitrogens with zero attached hydrogens (tertiary/aromatic N) is 1. The Hall–Kier alpha value is -2.56. The fourth-order valence-electron chi connectivity index (χ4n) is 2.36. The summed E-state index contributed by atoms with van der Waals surface area (Å²) in [6.07, 6.45) is 3.88. The summed E-state index contributed by atoms with van der Waals surface area (Å²) >= 11 is 0. The van der Waals surface area contributed by atoms with Gasteiger partial charge in [-0.05, 0) is 37.1 Å². The zero-order valence-corrected chi connectivity index (χ0v) is 10.8. The predicted octanol–water partition coefficient (Wildman–Crippen LogP) is 2.91. The van der Waals surface area contributed by atoms with Crippen molar-refractivity contribution in [1.29, 1.82) is 0 Å². The first kappa shape index (κ1) is 11.3. The van der Waals surface area contributed by atoms with Gasteiger partial charge in [-0.1, -0.05) is 6.07 Å². The van der Waals surface area contributed by atoms with Crippen molar-refractivity contribution in [3.63, 3.8) is 0 Å². The van der Waals surface area contributed by atoms with Crippen LogP contribution in [0.4, 0.5) is 5.82 Å². The maximum absolute atomic E-state index is 11.8. The van der Waals surface area contributed by atoms with E-state index in [2.05, 4.69) is 20.5 Å². The number of H-pyrrole nitrogens is 2. The van der Waals surface area contributed by atoms with Crippen LogP contribution >= 0.6 is 0 Å². The van der Waals surface area contributed by atoms with Gasteiger partial charge in [0.25, 0.3) is 0 Å². The van der Waals surface area contributed by atoms with Gasteiger partial charge in [0.1, 0.15) is 0 Å². The molecule has 20 heavy (non-hydrogen) atoms. The molecule has 1 aromatic carbocycles. The van der Waals surface area contributed by atoms with Crippen LogP contribution in [0.15, 0.2) is 36.5 Å². The third-order valence-corrected chi connectivity index (χ3v) is 3.66. The van der Waals surface area contributed by atoms with Crippen molar-refractivity contribution in [2.24, 2.45) is 5.92 Å². The third-order valence-electron chi connectivity index (χ3n) is 3.66. The van der Waals surface area contributed by atoms with Crippen LogP contribution < -0.4 is 5.32 Å². The Morgan fingerprint density at radius 2 is 2.20 bits per heavy atom. The van der Waals surface area contributed by atoms with Crippen LogP contribution in [-0.4, -0.2) is 21.1 Å². The quantitative estimate of drug-likeness (QED) is 0.682. The minimum atomic E-state index is 0.0758. The fourth-order valence-corrected chi connectivity index (χ4v) is 2.36. The van der Waals surface area contributed by atoms with Crippen molar-refractivity contribution in [2.45, 2.75) is 12.8 Å². The number of hydrogen-bond acceptors (Lipinski definition) is 2. The first-order valence-corrected chi connectivity index (χ1v) is 6.74. The van der Waals surface area contributed by atoms with Crippen molar-refractivity contribution in [3.05, 3.63) is 36.5 Å². The number of carbonyl (C=O) groups excluding carboxylic acids is 1. The highest BCUT2D eigenvalue weighted by atomic mass is 16.2. The van der Waals surface area contributed by atoms with Gasteiger partial charge in [0.15, 0.2) is 5.82 Å². The Morgan fingerprint density at radius 3 is 2.95 bits per heavy atom. The van der Waals surface area contributed by atoms with E-state index >= 15 is 0 Å². The number of benzene rings is 1. The normalized spacial score (nSPS) is 14.6. The van der Waals surface area contributed by atoms with Gasteiger partial charge in [0, 0.05) is 28.8 Å². The van der Waals surface area contributed by atoms with Gasteiger partial charge in [-0.25, -0.2) is 0 Å². The number of amides is 1. The topological polar surface area (TPSA) is 73.6 Å². The first-order chi connectivity index (χ1) is 9.81.